The highest BCUT2D eigenvalue weighted by atomic mass is 19.4. The summed E-state index contributed by atoms with van der Waals surface area (Å²) in [6, 6.07) is 7.66. The van der Waals surface area contributed by atoms with Crippen LogP contribution in [-0.4, -0.2) is 20.8 Å². The number of hydrogen-bond donors (Lipinski definition) is 3. The van der Waals surface area contributed by atoms with Crippen molar-refractivity contribution in [1.82, 2.24) is 9.78 Å². The van der Waals surface area contributed by atoms with Gasteiger partial charge in [0.25, 0.3) is 11.5 Å². The highest BCUT2D eigenvalue weighted by molar-refractivity contribution is 5.93. The zero-order valence-electron chi connectivity index (χ0n) is 15.9. The molecular formula is C20H16F4N4O3. The van der Waals surface area contributed by atoms with Crippen molar-refractivity contribution >= 4 is 11.6 Å². The summed E-state index contributed by atoms with van der Waals surface area (Å²) >= 11 is 0. The van der Waals surface area contributed by atoms with Crippen molar-refractivity contribution < 1.29 is 27.5 Å². The van der Waals surface area contributed by atoms with Crippen LogP contribution in [0.15, 0.2) is 47.3 Å². The number of anilines is 1. The van der Waals surface area contributed by atoms with Crippen LogP contribution in [0.4, 0.5) is 23.2 Å². The molecule has 2 aromatic carbocycles. The second kappa shape index (κ2) is 7.74. The van der Waals surface area contributed by atoms with Crippen molar-refractivity contribution in [1.29, 1.82) is 0 Å². The number of aromatic nitrogens is 2. The second-order valence-corrected chi connectivity index (χ2v) is 6.75. The van der Waals surface area contributed by atoms with E-state index in [-0.39, 0.29) is 16.9 Å². The van der Waals surface area contributed by atoms with Crippen LogP contribution in [0, 0.1) is 5.82 Å². The third kappa shape index (κ3) is 4.06. The number of nitrogens with zero attached hydrogens (tertiary/aromatic N) is 2. The Labute approximate surface area is 172 Å². The molecule has 0 bridgehead atoms. The van der Waals surface area contributed by atoms with Gasteiger partial charge in [-0.1, -0.05) is 19.1 Å². The van der Waals surface area contributed by atoms with Gasteiger partial charge in [0.2, 0.25) is 0 Å². The van der Waals surface area contributed by atoms with Crippen LogP contribution in [0.5, 0.6) is 5.75 Å². The predicted octanol–water partition coefficient (Wildman–Crippen LogP) is 2.93. The van der Waals surface area contributed by atoms with Crippen LogP contribution in [0.1, 0.15) is 40.0 Å². The molecule has 0 aliphatic heterocycles. The number of carbonyl (C=O) groups is 1. The predicted molar refractivity (Wildman–Crippen MR) is 103 cm³/mol. The molecule has 0 aliphatic rings. The molecule has 11 heteroatoms. The Hall–Kier alpha value is -3.89. The fourth-order valence-electron chi connectivity index (χ4n) is 3.14. The van der Waals surface area contributed by atoms with E-state index >= 15 is 0 Å². The SMILES string of the molecule is C[C@H](c1cc(N)cc(C(F)(F)F)c1)c1c(O)c(C(N)=O)nn(-c2ccccc2F)c1=O. The summed E-state index contributed by atoms with van der Waals surface area (Å²) in [7, 11) is 0. The normalized spacial score (nSPS) is 12.5. The topological polar surface area (TPSA) is 124 Å². The third-order valence-electron chi connectivity index (χ3n) is 4.65. The van der Waals surface area contributed by atoms with E-state index < -0.39 is 51.9 Å². The molecule has 162 valence electrons. The van der Waals surface area contributed by atoms with E-state index in [0.29, 0.717) is 4.68 Å². The van der Waals surface area contributed by atoms with E-state index in [2.05, 4.69) is 5.10 Å². The average molecular weight is 436 g/mol. The number of alkyl halides is 3. The maximum absolute atomic E-state index is 14.3. The standard InChI is InChI=1S/C20H16F4N4O3/c1-9(10-6-11(20(22,23)24)8-12(25)7-10)15-17(29)16(18(26)30)27-28(19(15)31)14-5-3-2-4-13(14)21/h2-9,29H,25H2,1H3,(H2,26,30)/t9-/m1/s1. The molecule has 0 spiro atoms. The Morgan fingerprint density at radius 2 is 1.84 bits per heavy atom. The number of nitrogen functional groups attached to an aromatic ring is 1. The summed E-state index contributed by atoms with van der Waals surface area (Å²) in [5, 5.41) is 14.1. The largest absolute Gasteiger partial charge is 0.505 e. The summed E-state index contributed by atoms with van der Waals surface area (Å²) in [4.78, 5) is 24.8. The van der Waals surface area contributed by atoms with E-state index in [1.54, 1.807) is 0 Å². The van der Waals surface area contributed by atoms with Gasteiger partial charge in [0.05, 0.1) is 11.1 Å². The Morgan fingerprint density at radius 1 is 1.19 bits per heavy atom. The molecule has 0 unspecified atom stereocenters. The monoisotopic (exact) mass is 436 g/mol. The number of carbonyl (C=O) groups excluding carboxylic acids is 1. The van der Waals surface area contributed by atoms with Gasteiger partial charge in [-0.05, 0) is 35.9 Å². The van der Waals surface area contributed by atoms with Crippen LogP contribution >= 0.6 is 0 Å². The Morgan fingerprint density at radius 3 is 2.42 bits per heavy atom. The highest BCUT2D eigenvalue weighted by Gasteiger charge is 2.33. The van der Waals surface area contributed by atoms with Crippen molar-refractivity contribution in [2.75, 3.05) is 5.73 Å². The number of primary amides is 1. The molecule has 0 saturated heterocycles. The number of nitrogens with two attached hydrogens (primary N) is 2. The molecule has 3 rings (SSSR count). The quantitative estimate of drug-likeness (QED) is 0.429. The summed E-state index contributed by atoms with van der Waals surface area (Å²) < 4.78 is 54.4. The smallest absolute Gasteiger partial charge is 0.416 e. The summed E-state index contributed by atoms with van der Waals surface area (Å²) in [5.74, 6) is -4.18. The van der Waals surface area contributed by atoms with E-state index in [9.17, 15) is 32.3 Å². The van der Waals surface area contributed by atoms with Gasteiger partial charge in [0, 0.05) is 11.6 Å². The first-order valence-corrected chi connectivity index (χ1v) is 8.80. The minimum atomic E-state index is -4.71. The van der Waals surface area contributed by atoms with Crippen molar-refractivity contribution in [3.05, 3.63) is 81.0 Å². The van der Waals surface area contributed by atoms with E-state index in [0.717, 1.165) is 18.2 Å². The zero-order valence-corrected chi connectivity index (χ0v) is 15.9. The first kappa shape index (κ1) is 21.8. The molecule has 1 aromatic heterocycles. The lowest BCUT2D eigenvalue weighted by Crippen LogP contribution is -2.31. The van der Waals surface area contributed by atoms with Gasteiger partial charge in [-0.3, -0.25) is 9.59 Å². The molecule has 0 radical (unpaired) electrons. The van der Waals surface area contributed by atoms with Crippen LogP contribution in [-0.2, 0) is 6.18 Å². The molecule has 0 saturated carbocycles. The van der Waals surface area contributed by atoms with Gasteiger partial charge in [-0.15, -0.1) is 0 Å². The minimum Gasteiger partial charge on any atom is -0.505 e. The molecule has 1 heterocycles. The molecule has 31 heavy (non-hydrogen) atoms. The van der Waals surface area contributed by atoms with Gasteiger partial charge in [-0.2, -0.15) is 23.0 Å². The number of halogens is 4. The molecule has 5 N–H and O–H groups in total. The van der Waals surface area contributed by atoms with Gasteiger partial charge >= 0.3 is 6.18 Å². The van der Waals surface area contributed by atoms with Gasteiger partial charge in [-0.25, -0.2) is 4.39 Å². The summed E-state index contributed by atoms with van der Waals surface area (Å²) in [6.45, 7) is 1.32. The lowest BCUT2D eigenvalue weighted by molar-refractivity contribution is -0.137. The Bertz CT molecular complexity index is 1240. The molecule has 0 aliphatic carbocycles. The zero-order chi connectivity index (χ0) is 23.1. The summed E-state index contributed by atoms with van der Waals surface area (Å²) in [5.41, 5.74) is 6.82. The summed E-state index contributed by atoms with van der Waals surface area (Å²) in [6.07, 6.45) is -4.71. The Balaban J connectivity index is 2.31. The number of aromatic hydroxyl groups is 1. The van der Waals surface area contributed by atoms with E-state index in [1.807, 2.05) is 0 Å². The number of benzene rings is 2. The van der Waals surface area contributed by atoms with Crippen molar-refractivity contribution in [3.8, 4) is 11.4 Å². The maximum Gasteiger partial charge on any atom is 0.416 e. The second-order valence-electron chi connectivity index (χ2n) is 6.75. The molecule has 1 atom stereocenters. The van der Waals surface area contributed by atoms with Gasteiger partial charge in [0.15, 0.2) is 11.4 Å². The highest BCUT2D eigenvalue weighted by Crippen LogP contribution is 2.36. The van der Waals surface area contributed by atoms with E-state index in [4.69, 9.17) is 11.5 Å². The van der Waals surface area contributed by atoms with Crippen LogP contribution < -0.4 is 17.0 Å². The maximum atomic E-state index is 14.3. The number of hydrogen-bond acceptors (Lipinski definition) is 5. The lowest BCUT2D eigenvalue weighted by atomic mass is 9.91. The van der Waals surface area contributed by atoms with Crippen LogP contribution in [0.3, 0.4) is 0 Å². The number of rotatable bonds is 4. The molecule has 3 aromatic rings. The van der Waals surface area contributed by atoms with Gasteiger partial charge < -0.3 is 16.6 Å². The first-order valence-electron chi connectivity index (χ1n) is 8.80. The van der Waals surface area contributed by atoms with Crippen LogP contribution in [0.25, 0.3) is 5.69 Å². The van der Waals surface area contributed by atoms with Crippen molar-refractivity contribution in [3.63, 3.8) is 0 Å². The molecular weight excluding hydrogens is 420 g/mol. The van der Waals surface area contributed by atoms with Crippen LogP contribution in [0.2, 0.25) is 0 Å². The average Bonchev–Trinajstić information content (AvgIpc) is 2.67. The van der Waals surface area contributed by atoms with Crippen molar-refractivity contribution in [2.24, 2.45) is 5.73 Å². The first-order chi connectivity index (χ1) is 14.4. The van der Waals surface area contributed by atoms with Crippen molar-refractivity contribution in [2.45, 2.75) is 19.0 Å². The minimum absolute atomic E-state index is 0.0681. The fraction of sp³-hybridized carbons (Fsp3) is 0.150. The fourth-order valence-corrected chi connectivity index (χ4v) is 3.14. The van der Waals surface area contributed by atoms with Gasteiger partial charge in [0.1, 0.15) is 11.5 Å². The molecule has 7 nitrogen and oxygen atoms in total. The third-order valence-corrected chi connectivity index (χ3v) is 4.65. The molecule has 0 fully saturated rings. The number of amides is 1. The van der Waals surface area contributed by atoms with E-state index in [1.165, 1.54) is 31.2 Å². The lowest BCUT2D eigenvalue weighted by Gasteiger charge is -2.19. The number of para-hydroxylation sites is 1. The Kier molecular flexibility index (Phi) is 5.45. The molecule has 1 amide bonds.